The van der Waals surface area contributed by atoms with Gasteiger partial charge in [0.25, 0.3) is 5.69 Å². The Labute approximate surface area is 114 Å². The van der Waals surface area contributed by atoms with Gasteiger partial charge in [-0.15, -0.1) is 0 Å². The smallest absolute Gasteiger partial charge is 0.335 e. The SMILES string of the molecule is O=C(O)c1ccc(-n2cc(I)cn2)c([N+](=O)[O-])c1. The van der Waals surface area contributed by atoms with Crippen LogP contribution in [0.25, 0.3) is 5.69 Å². The van der Waals surface area contributed by atoms with Crippen molar-refractivity contribution < 1.29 is 14.8 Å². The molecule has 0 atom stereocenters. The molecule has 0 fully saturated rings. The standard InChI is InChI=1S/C10H6IN3O4/c11-7-4-12-13(5-7)8-2-1-6(10(15)16)3-9(8)14(17)18/h1-5H,(H,15,16). The fourth-order valence-electron chi connectivity index (χ4n) is 1.43. The second-order valence-corrected chi connectivity index (χ2v) is 4.61. The summed E-state index contributed by atoms with van der Waals surface area (Å²) in [6, 6.07) is 3.69. The van der Waals surface area contributed by atoms with Gasteiger partial charge in [0.1, 0.15) is 5.69 Å². The first-order valence-electron chi connectivity index (χ1n) is 4.71. The summed E-state index contributed by atoms with van der Waals surface area (Å²) in [6.45, 7) is 0. The van der Waals surface area contributed by atoms with E-state index in [-0.39, 0.29) is 16.9 Å². The van der Waals surface area contributed by atoms with E-state index in [1.54, 1.807) is 12.4 Å². The first-order valence-corrected chi connectivity index (χ1v) is 5.79. The van der Waals surface area contributed by atoms with Gasteiger partial charge in [0.2, 0.25) is 0 Å². The van der Waals surface area contributed by atoms with E-state index in [0.29, 0.717) is 0 Å². The molecule has 0 aliphatic carbocycles. The summed E-state index contributed by atoms with van der Waals surface area (Å²) >= 11 is 2.03. The van der Waals surface area contributed by atoms with Crippen molar-refractivity contribution in [2.24, 2.45) is 0 Å². The third kappa shape index (κ3) is 2.32. The largest absolute Gasteiger partial charge is 0.478 e. The normalized spacial score (nSPS) is 10.3. The van der Waals surface area contributed by atoms with Gasteiger partial charge in [-0.25, -0.2) is 9.48 Å². The molecule has 18 heavy (non-hydrogen) atoms. The molecule has 1 heterocycles. The molecule has 0 bridgehead atoms. The van der Waals surface area contributed by atoms with Crippen LogP contribution in [-0.2, 0) is 0 Å². The maximum Gasteiger partial charge on any atom is 0.335 e. The number of aromatic carboxylic acids is 1. The van der Waals surface area contributed by atoms with E-state index in [9.17, 15) is 14.9 Å². The van der Waals surface area contributed by atoms with Crippen LogP contribution in [0.4, 0.5) is 5.69 Å². The molecule has 0 unspecified atom stereocenters. The first kappa shape index (κ1) is 12.5. The summed E-state index contributed by atoms with van der Waals surface area (Å²) in [5, 5.41) is 23.7. The average molecular weight is 359 g/mol. The van der Waals surface area contributed by atoms with Crippen molar-refractivity contribution in [3.05, 3.63) is 49.8 Å². The molecule has 1 aromatic carbocycles. The predicted octanol–water partition coefficient (Wildman–Crippen LogP) is 2.08. The summed E-state index contributed by atoms with van der Waals surface area (Å²) in [6.07, 6.45) is 3.17. The van der Waals surface area contributed by atoms with Gasteiger partial charge in [0.05, 0.1) is 20.3 Å². The van der Waals surface area contributed by atoms with Crippen LogP contribution < -0.4 is 0 Å². The Hall–Kier alpha value is -1.97. The fraction of sp³-hybridized carbons (Fsp3) is 0. The Kier molecular flexibility index (Phi) is 3.28. The van der Waals surface area contributed by atoms with Crippen LogP contribution in [0.2, 0.25) is 0 Å². The van der Waals surface area contributed by atoms with Gasteiger partial charge in [-0.3, -0.25) is 10.1 Å². The van der Waals surface area contributed by atoms with E-state index in [4.69, 9.17) is 5.11 Å². The molecule has 0 saturated heterocycles. The Balaban J connectivity index is 2.60. The van der Waals surface area contributed by atoms with Gasteiger partial charge >= 0.3 is 5.97 Å². The van der Waals surface area contributed by atoms with Crippen molar-refractivity contribution in [3.8, 4) is 5.69 Å². The Morgan fingerprint density at radius 2 is 2.22 bits per heavy atom. The number of nitrogens with zero attached hydrogens (tertiary/aromatic N) is 3. The van der Waals surface area contributed by atoms with Crippen LogP contribution in [0.3, 0.4) is 0 Å². The number of hydrogen-bond acceptors (Lipinski definition) is 4. The third-order valence-corrected chi connectivity index (χ3v) is 2.77. The number of rotatable bonds is 3. The zero-order valence-corrected chi connectivity index (χ0v) is 10.9. The lowest BCUT2D eigenvalue weighted by Crippen LogP contribution is -2.04. The van der Waals surface area contributed by atoms with Crippen molar-refractivity contribution in [2.75, 3.05) is 0 Å². The molecule has 0 amide bonds. The highest BCUT2D eigenvalue weighted by Crippen LogP contribution is 2.24. The second kappa shape index (κ2) is 4.72. The lowest BCUT2D eigenvalue weighted by molar-refractivity contribution is -0.384. The molecular weight excluding hydrogens is 353 g/mol. The Morgan fingerprint density at radius 3 is 2.72 bits per heavy atom. The minimum atomic E-state index is -1.21. The quantitative estimate of drug-likeness (QED) is 0.514. The molecule has 1 aromatic heterocycles. The maximum absolute atomic E-state index is 10.9. The zero-order valence-electron chi connectivity index (χ0n) is 8.78. The van der Waals surface area contributed by atoms with Crippen molar-refractivity contribution in [3.63, 3.8) is 0 Å². The van der Waals surface area contributed by atoms with Gasteiger partial charge in [-0.1, -0.05) is 0 Å². The molecular formula is C10H6IN3O4. The van der Waals surface area contributed by atoms with Crippen molar-refractivity contribution in [1.29, 1.82) is 0 Å². The van der Waals surface area contributed by atoms with E-state index in [1.165, 1.54) is 16.8 Å². The summed E-state index contributed by atoms with van der Waals surface area (Å²) in [5.74, 6) is -1.21. The van der Waals surface area contributed by atoms with Gasteiger partial charge in [-0.05, 0) is 34.7 Å². The third-order valence-electron chi connectivity index (χ3n) is 2.22. The van der Waals surface area contributed by atoms with E-state index >= 15 is 0 Å². The van der Waals surface area contributed by atoms with Crippen molar-refractivity contribution in [2.45, 2.75) is 0 Å². The molecule has 0 saturated carbocycles. The summed E-state index contributed by atoms with van der Waals surface area (Å²) in [5.41, 5.74) is -0.199. The van der Waals surface area contributed by atoms with Crippen LogP contribution in [0.15, 0.2) is 30.6 Å². The number of carbonyl (C=O) groups is 1. The van der Waals surface area contributed by atoms with Crippen molar-refractivity contribution >= 4 is 34.2 Å². The molecule has 1 N–H and O–H groups in total. The summed E-state index contributed by atoms with van der Waals surface area (Å²) in [7, 11) is 0. The van der Waals surface area contributed by atoms with Crippen LogP contribution in [0.5, 0.6) is 0 Å². The number of halogens is 1. The monoisotopic (exact) mass is 359 g/mol. The van der Waals surface area contributed by atoms with Crippen LogP contribution >= 0.6 is 22.6 Å². The number of carboxylic acid groups (broad SMARTS) is 1. The topological polar surface area (TPSA) is 98.3 Å². The highest BCUT2D eigenvalue weighted by molar-refractivity contribution is 14.1. The molecule has 92 valence electrons. The minimum Gasteiger partial charge on any atom is -0.478 e. The van der Waals surface area contributed by atoms with E-state index < -0.39 is 10.9 Å². The Morgan fingerprint density at radius 1 is 1.50 bits per heavy atom. The number of nitro benzene ring substituents is 1. The Bertz CT molecular complexity index is 638. The minimum absolute atomic E-state index is 0.132. The number of carboxylic acids is 1. The number of benzene rings is 1. The molecule has 0 aliphatic rings. The second-order valence-electron chi connectivity index (χ2n) is 3.37. The van der Waals surface area contributed by atoms with Gasteiger partial charge in [-0.2, -0.15) is 5.10 Å². The maximum atomic E-state index is 10.9. The molecule has 8 heteroatoms. The molecule has 2 rings (SSSR count). The highest BCUT2D eigenvalue weighted by atomic mass is 127. The van der Waals surface area contributed by atoms with Crippen LogP contribution in [0, 0.1) is 13.7 Å². The van der Waals surface area contributed by atoms with E-state index in [1.807, 2.05) is 22.6 Å². The average Bonchev–Trinajstić information content (AvgIpc) is 2.74. The van der Waals surface area contributed by atoms with Gasteiger partial charge < -0.3 is 5.11 Å². The summed E-state index contributed by atoms with van der Waals surface area (Å²) < 4.78 is 2.16. The fourth-order valence-corrected chi connectivity index (χ4v) is 1.82. The van der Waals surface area contributed by atoms with E-state index in [2.05, 4.69) is 5.10 Å². The first-order chi connectivity index (χ1) is 8.49. The molecule has 0 aliphatic heterocycles. The summed E-state index contributed by atoms with van der Waals surface area (Å²) in [4.78, 5) is 21.1. The molecule has 0 radical (unpaired) electrons. The van der Waals surface area contributed by atoms with Gasteiger partial charge in [0, 0.05) is 12.3 Å². The number of nitro groups is 1. The number of hydrogen-bond donors (Lipinski definition) is 1. The molecule has 0 spiro atoms. The highest BCUT2D eigenvalue weighted by Gasteiger charge is 2.19. The molecule has 2 aromatic rings. The lowest BCUT2D eigenvalue weighted by Gasteiger charge is -2.03. The number of aromatic nitrogens is 2. The van der Waals surface area contributed by atoms with E-state index in [0.717, 1.165) is 9.64 Å². The molecule has 7 nitrogen and oxygen atoms in total. The van der Waals surface area contributed by atoms with Crippen LogP contribution in [0.1, 0.15) is 10.4 Å². The lowest BCUT2D eigenvalue weighted by atomic mass is 10.2. The van der Waals surface area contributed by atoms with Crippen LogP contribution in [-0.4, -0.2) is 25.8 Å². The van der Waals surface area contributed by atoms with Gasteiger partial charge in [0.15, 0.2) is 0 Å². The zero-order chi connectivity index (χ0) is 13.3. The predicted molar refractivity (Wildman–Crippen MR) is 69.9 cm³/mol. The van der Waals surface area contributed by atoms with Crippen molar-refractivity contribution in [1.82, 2.24) is 9.78 Å².